The van der Waals surface area contributed by atoms with Gasteiger partial charge in [-0.3, -0.25) is 0 Å². The molecule has 0 aliphatic carbocycles. The molecule has 0 saturated heterocycles. The second kappa shape index (κ2) is 4.81. The molecule has 2 aromatic rings. The van der Waals surface area contributed by atoms with Gasteiger partial charge in [-0.15, -0.1) is 10.2 Å². The van der Waals surface area contributed by atoms with Crippen LogP contribution in [0.1, 0.15) is 25.3 Å². The van der Waals surface area contributed by atoms with Gasteiger partial charge in [-0.2, -0.15) is 0 Å². The quantitative estimate of drug-likeness (QED) is 0.916. The highest BCUT2D eigenvalue weighted by Gasteiger charge is 2.16. The number of nitrogens with zero attached hydrogens (tertiary/aromatic N) is 2. The predicted octanol–water partition coefficient (Wildman–Crippen LogP) is 2.94. The third kappa shape index (κ3) is 2.45. The van der Waals surface area contributed by atoms with E-state index in [-0.39, 0.29) is 17.5 Å². The number of benzene rings is 1. The third-order valence-electron chi connectivity index (χ3n) is 2.36. The second-order valence-electron chi connectivity index (χ2n) is 3.58. The van der Waals surface area contributed by atoms with Crippen LogP contribution in [-0.4, -0.2) is 10.2 Å². The molecule has 90 valence electrons. The van der Waals surface area contributed by atoms with E-state index in [1.165, 1.54) is 12.1 Å². The van der Waals surface area contributed by atoms with Crippen LogP contribution in [0.4, 0.5) is 4.39 Å². The topological polar surface area (TPSA) is 64.9 Å². The van der Waals surface area contributed by atoms with E-state index in [2.05, 4.69) is 10.2 Å². The van der Waals surface area contributed by atoms with E-state index in [1.54, 1.807) is 6.07 Å². The molecule has 0 aliphatic heterocycles. The van der Waals surface area contributed by atoms with Gasteiger partial charge in [-0.1, -0.05) is 18.5 Å². The first kappa shape index (κ1) is 12.0. The molecule has 6 heteroatoms. The maximum absolute atomic E-state index is 13.6. The Labute approximate surface area is 103 Å². The zero-order chi connectivity index (χ0) is 12.4. The maximum atomic E-state index is 13.6. The van der Waals surface area contributed by atoms with Crippen LogP contribution in [-0.2, 0) is 0 Å². The summed E-state index contributed by atoms with van der Waals surface area (Å²) in [4.78, 5) is 0. The Balaban J connectivity index is 2.37. The van der Waals surface area contributed by atoms with Gasteiger partial charge in [-0.25, -0.2) is 4.39 Å². The fraction of sp³-hybridized carbons (Fsp3) is 0.273. The summed E-state index contributed by atoms with van der Waals surface area (Å²) >= 11 is 5.66. The molecule has 1 aromatic heterocycles. The van der Waals surface area contributed by atoms with Gasteiger partial charge in [0.25, 0.3) is 5.89 Å². The lowest BCUT2D eigenvalue weighted by atomic mass is 10.2. The van der Waals surface area contributed by atoms with Crippen molar-refractivity contribution in [2.24, 2.45) is 5.73 Å². The van der Waals surface area contributed by atoms with Crippen LogP contribution in [0.3, 0.4) is 0 Å². The number of hydrogen-bond donors (Lipinski definition) is 1. The van der Waals surface area contributed by atoms with Gasteiger partial charge in [-0.05, 0) is 24.6 Å². The van der Waals surface area contributed by atoms with E-state index >= 15 is 0 Å². The molecule has 0 amide bonds. The molecule has 0 radical (unpaired) electrons. The minimum Gasteiger partial charge on any atom is -0.419 e. The van der Waals surface area contributed by atoms with Crippen LogP contribution in [0.2, 0.25) is 5.02 Å². The summed E-state index contributed by atoms with van der Waals surface area (Å²) in [5.74, 6) is -0.0901. The van der Waals surface area contributed by atoms with Crippen molar-refractivity contribution in [2.45, 2.75) is 19.4 Å². The van der Waals surface area contributed by atoms with Crippen molar-refractivity contribution in [3.63, 3.8) is 0 Å². The summed E-state index contributed by atoms with van der Waals surface area (Å²) in [5.41, 5.74) is 5.96. The highest BCUT2D eigenvalue weighted by atomic mass is 35.5. The summed E-state index contributed by atoms with van der Waals surface area (Å²) in [7, 11) is 0. The summed E-state index contributed by atoms with van der Waals surface area (Å²) < 4.78 is 18.9. The molecule has 2 N–H and O–H groups in total. The Hall–Kier alpha value is -1.46. The van der Waals surface area contributed by atoms with Crippen molar-refractivity contribution < 1.29 is 8.81 Å². The minimum absolute atomic E-state index is 0.109. The van der Waals surface area contributed by atoms with E-state index in [0.717, 1.165) is 0 Å². The van der Waals surface area contributed by atoms with Gasteiger partial charge in [0.2, 0.25) is 5.89 Å². The van der Waals surface area contributed by atoms with Gasteiger partial charge in [0.15, 0.2) is 0 Å². The van der Waals surface area contributed by atoms with Crippen LogP contribution in [0, 0.1) is 5.82 Å². The lowest BCUT2D eigenvalue weighted by Crippen LogP contribution is -2.08. The zero-order valence-corrected chi connectivity index (χ0v) is 9.91. The average Bonchev–Trinajstić information content (AvgIpc) is 2.77. The van der Waals surface area contributed by atoms with Crippen LogP contribution < -0.4 is 5.73 Å². The summed E-state index contributed by atoms with van der Waals surface area (Å²) in [6.07, 6.45) is 0.671. The standard InChI is InChI=1S/C11H11ClFN3O/c1-2-9(14)11-16-15-10(17-11)7-4-3-6(12)5-8(7)13/h3-5,9H,2,14H2,1H3. The molecule has 4 nitrogen and oxygen atoms in total. The maximum Gasteiger partial charge on any atom is 0.250 e. The molecule has 0 saturated carbocycles. The molecule has 0 bridgehead atoms. The number of halogens is 2. The summed E-state index contributed by atoms with van der Waals surface area (Å²) in [5, 5.41) is 7.87. The Morgan fingerprint density at radius 1 is 1.47 bits per heavy atom. The van der Waals surface area contributed by atoms with Crippen LogP contribution in [0.5, 0.6) is 0 Å². The molecule has 1 unspecified atom stereocenters. The lowest BCUT2D eigenvalue weighted by Gasteiger charge is -2.01. The second-order valence-corrected chi connectivity index (χ2v) is 4.02. The average molecular weight is 256 g/mol. The van der Waals surface area contributed by atoms with Crippen molar-refractivity contribution >= 4 is 11.6 Å². The monoisotopic (exact) mass is 255 g/mol. The normalized spacial score (nSPS) is 12.7. The molecule has 0 fully saturated rings. The number of nitrogens with two attached hydrogens (primary N) is 1. The Bertz CT molecular complexity index is 529. The van der Waals surface area contributed by atoms with Crippen molar-refractivity contribution in [1.29, 1.82) is 0 Å². The highest BCUT2D eigenvalue weighted by Crippen LogP contribution is 2.25. The molecule has 17 heavy (non-hydrogen) atoms. The SMILES string of the molecule is CCC(N)c1nnc(-c2ccc(Cl)cc2F)o1. The van der Waals surface area contributed by atoms with Crippen LogP contribution in [0.25, 0.3) is 11.5 Å². The number of rotatable bonds is 3. The molecule has 2 rings (SSSR count). The van der Waals surface area contributed by atoms with Crippen molar-refractivity contribution in [1.82, 2.24) is 10.2 Å². The smallest absolute Gasteiger partial charge is 0.250 e. The van der Waals surface area contributed by atoms with E-state index in [1.807, 2.05) is 6.92 Å². The van der Waals surface area contributed by atoms with Crippen molar-refractivity contribution in [3.05, 3.63) is 34.9 Å². The van der Waals surface area contributed by atoms with Gasteiger partial charge >= 0.3 is 0 Å². The van der Waals surface area contributed by atoms with E-state index in [0.29, 0.717) is 17.3 Å². The number of hydrogen-bond acceptors (Lipinski definition) is 4. The summed E-state index contributed by atoms with van der Waals surface area (Å²) in [6, 6.07) is 3.92. The Morgan fingerprint density at radius 2 is 2.24 bits per heavy atom. The zero-order valence-electron chi connectivity index (χ0n) is 9.15. The molecule has 1 atom stereocenters. The molecular weight excluding hydrogens is 245 g/mol. The van der Waals surface area contributed by atoms with E-state index < -0.39 is 5.82 Å². The first-order valence-electron chi connectivity index (χ1n) is 5.16. The van der Waals surface area contributed by atoms with Crippen LogP contribution in [0.15, 0.2) is 22.6 Å². The molecular formula is C11H11ClFN3O. The largest absolute Gasteiger partial charge is 0.419 e. The fourth-order valence-electron chi connectivity index (χ4n) is 1.33. The molecule has 0 aliphatic rings. The minimum atomic E-state index is -0.502. The Kier molecular flexibility index (Phi) is 3.40. The van der Waals surface area contributed by atoms with E-state index in [9.17, 15) is 4.39 Å². The first-order chi connectivity index (χ1) is 8.11. The molecule has 1 heterocycles. The fourth-order valence-corrected chi connectivity index (χ4v) is 1.49. The van der Waals surface area contributed by atoms with Crippen molar-refractivity contribution in [2.75, 3.05) is 0 Å². The first-order valence-corrected chi connectivity index (χ1v) is 5.54. The van der Waals surface area contributed by atoms with Crippen molar-refractivity contribution in [3.8, 4) is 11.5 Å². The summed E-state index contributed by atoms with van der Waals surface area (Å²) in [6.45, 7) is 1.90. The van der Waals surface area contributed by atoms with E-state index in [4.69, 9.17) is 21.8 Å². The van der Waals surface area contributed by atoms with Gasteiger partial charge in [0, 0.05) is 5.02 Å². The predicted molar refractivity (Wildman–Crippen MR) is 61.9 cm³/mol. The van der Waals surface area contributed by atoms with Gasteiger partial charge < -0.3 is 10.2 Å². The Morgan fingerprint density at radius 3 is 2.88 bits per heavy atom. The third-order valence-corrected chi connectivity index (χ3v) is 2.59. The lowest BCUT2D eigenvalue weighted by molar-refractivity contribution is 0.450. The molecule has 0 spiro atoms. The number of aromatic nitrogens is 2. The van der Waals surface area contributed by atoms with Crippen LogP contribution >= 0.6 is 11.6 Å². The van der Waals surface area contributed by atoms with Gasteiger partial charge in [0.1, 0.15) is 5.82 Å². The van der Waals surface area contributed by atoms with Gasteiger partial charge in [0.05, 0.1) is 11.6 Å². The highest BCUT2D eigenvalue weighted by molar-refractivity contribution is 6.30. The molecule has 1 aromatic carbocycles.